The second-order valence-corrected chi connectivity index (χ2v) is 2.57. The summed E-state index contributed by atoms with van der Waals surface area (Å²) >= 11 is 0. The smallest absolute Gasteiger partial charge is 0.115 e. The first kappa shape index (κ1) is 4.46. The molecule has 2 nitrogen and oxygen atoms in total. The van der Waals surface area contributed by atoms with Gasteiger partial charge in [0.05, 0.1) is 0 Å². The fourth-order valence-corrected chi connectivity index (χ4v) is 0.672. The van der Waals surface area contributed by atoms with E-state index in [1.54, 1.807) is 6.33 Å². The van der Waals surface area contributed by atoms with E-state index >= 15 is 0 Å². The van der Waals surface area contributed by atoms with Crippen LogP contribution in [0.25, 0.3) is 0 Å². The monoisotopic (exact) mass is 110 g/mol. The lowest BCUT2D eigenvalue weighted by atomic mass is 10.7. The van der Waals surface area contributed by atoms with Crippen molar-refractivity contribution in [1.29, 1.82) is 0 Å². The van der Waals surface area contributed by atoms with Crippen molar-refractivity contribution in [3.05, 3.63) is 18.7 Å². The topological polar surface area (TPSA) is 25.8 Å². The van der Waals surface area contributed by atoms with Crippen LogP contribution in [0.3, 0.4) is 0 Å². The van der Waals surface area contributed by atoms with Crippen LogP contribution in [0.5, 0.6) is 0 Å². The minimum absolute atomic E-state index is 1.05. The molecule has 3 heteroatoms. The molecule has 0 spiro atoms. The van der Waals surface area contributed by atoms with Crippen LogP contribution >= 0.6 is 0 Å². The van der Waals surface area contributed by atoms with Gasteiger partial charge in [-0.25, -0.2) is 9.97 Å². The van der Waals surface area contributed by atoms with Gasteiger partial charge in [0, 0.05) is 22.6 Å². The predicted octanol–water partition coefficient (Wildman–Crippen LogP) is -1.53. The van der Waals surface area contributed by atoms with Crippen LogP contribution in [0, 0.1) is 0 Å². The summed E-state index contributed by atoms with van der Waals surface area (Å²) in [6, 6.07) is 0. The van der Waals surface area contributed by atoms with E-state index < -0.39 is 0 Å². The van der Waals surface area contributed by atoms with Gasteiger partial charge in [-0.1, -0.05) is 0 Å². The molecule has 1 heterocycles. The molecule has 0 aromatic carbocycles. The van der Waals surface area contributed by atoms with Gasteiger partial charge in [-0.05, 0) is 5.19 Å². The van der Waals surface area contributed by atoms with E-state index in [-0.39, 0.29) is 0 Å². The first-order valence-electron chi connectivity index (χ1n) is 2.11. The van der Waals surface area contributed by atoms with Gasteiger partial charge in [-0.2, -0.15) is 0 Å². The first-order valence-corrected chi connectivity index (χ1v) is 3.11. The summed E-state index contributed by atoms with van der Waals surface area (Å²) < 4.78 is 0. The van der Waals surface area contributed by atoms with Crippen molar-refractivity contribution in [2.24, 2.45) is 0 Å². The SMILES string of the molecule is [SiH3]c1cncnc1. The van der Waals surface area contributed by atoms with E-state index in [9.17, 15) is 0 Å². The van der Waals surface area contributed by atoms with Crippen molar-refractivity contribution in [1.82, 2.24) is 9.97 Å². The Balaban J connectivity index is 3.02. The van der Waals surface area contributed by atoms with Gasteiger partial charge >= 0.3 is 0 Å². The average molecular weight is 110 g/mol. The van der Waals surface area contributed by atoms with Crippen LogP contribution in [0.1, 0.15) is 0 Å². The summed E-state index contributed by atoms with van der Waals surface area (Å²) in [4.78, 5) is 7.62. The normalized spacial score (nSPS) is 9.14. The molecule has 0 unspecified atom stereocenters. The third-order valence-electron chi connectivity index (χ3n) is 0.690. The number of nitrogens with zero attached hydrogens (tertiary/aromatic N) is 2. The van der Waals surface area contributed by atoms with Crippen molar-refractivity contribution in [2.75, 3.05) is 0 Å². The summed E-state index contributed by atoms with van der Waals surface area (Å²) in [5.41, 5.74) is 0. The van der Waals surface area contributed by atoms with Crippen molar-refractivity contribution in [3.63, 3.8) is 0 Å². The van der Waals surface area contributed by atoms with Crippen molar-refractivity contribution in [2.45, 2.75) is 0 Å². The molecule has 0 aliphatic carbocycles. The molecule has 0 amide bonds. The van der Waals surface area contributed by atoms with Crippen LogP contribution < -0.4 is 5.19 Å². The lowest BCUT2D eigenvalue weighted by Crippen LogP contribution is -2.01. The molecular formula is C4H6N2Si. The average Bonchev–Trinajstić information content (AvgIpc) is 1.69. The van der Waals surface area contributed by atoms with Gasteiger partial charge in [0.2, 0.25) is 0 Å². The molecule has 1 aromatic rings. The van der Waals surface area contributed by atoms with Gasteiger partial charge in [0.15, 0.2) is 0 Å². The Morgan fingerprint density at radius 2 is 1.86 bits per heavy atom. The van der Waals surface area contributed by atoms with E-state index in [1.807, 2.05) is 12.4 Å². The minimum Gasteiger partial charge on any atom is -0.245 e. The standard InChI is InChI=1S/C4H6N2Si/c7-4-1-5-3-6-2-4/h1-3H,7H3. The van der Waals surface area contributed by atoms with Crippen LogP contribution in [-0.2, 0) is 0 Å². The third-order valence-corrected chi connectivity index (χ3v) is 1.21. The molecule has 0 fully saturated rings. The second kappa shape index (κ2) is 1.84. The molecule has 1 aromatic heterocycles. The van der Waals surface area contributed by atoms with Crippen molar-refractivity contribution < 1.29 is 0 Å². The number of hydrogen-bond acceptors (Lipinski definition) is 2. The van der Waals surface area contributed by atoms with Crippen molar-refractivity contribution >= 4 is 15.4 Å². The number of rotatable bonds is 0. The number of aromatic nitrogens is 2. The minimum atomic E-state index is 1.05. The summed E-state index contributed by atoms with van der Waals surface area (Å²) in [6.07, 6.45) is 5.21. The maximum absolute atomic E-state index is 3.81. The Kier molecular flexibility index (Phi) is 1.17. The summed E-state index contributed by atoms with van der Waals surface area (Å²) in [5, 5.41) is 1.24. The summed E-state index contributed by atoms with van der Waals surface area (Å²) in [6.45, 7) is 0. The third kappa shape index (κ3) is 1.08. The van der Waals surface area contributed by atoms with E-state index in [2.05, 4.69) is 9.97 Å². The summed E-state index contributed by atoms with van der Waals surface area (Å²) in [7, 11) is 1.05. The number of hydrogen-bond donors (Lipinski definition) is 0. The molecule has 0 aliphatic heterocycles. The van der Waals surface area contributed by atoms with E-state index in [0.717, 1.165) is 10.2 Å². The fourth-order valence-electron chi connectivity index (χ4n) is 0.374. The maximum atomic E-state index is 3.81. The van der Waals surface area contributed by atoms with E-state index in [1.165, 1.54) is 5.19 Å². The molecule has 0 bridgehead atoms. The molecule has 0 saturated carbocycles. The lowest BCUT2D eigenvalue weighted by Gasteiger charge is -1.81. The lowest BCUT2D eigenvalue weighted by molar-refractivity contribution is 1.19. The Labute approximate surface area is 45.0 Å². The van der Waals surface area contributed by atoms with Gasteiger partial charge in [-0.15, -0.1) is 0 Å². The second-order valence-electron chi connectivity index (χ2n) is 1.42. The molecule has 36 valence electrons. The Bertz CT molecular complexity index is 140. The Morgan fingerprint density at radius 3 is 2.14 bits per heavy atom. The Hall–Kier alpha value is -0.703. The van der Waals surface area contributed by atoms with Crippen LogP contribution in [0.2, 0.25) is 0 Å². The highest BCUT2D eigenvalue weighted by atomic mass is 28.1. The molecule has 0 N–H and O–H groups in total. The van der Waals surface area contributed by atoms with Crippen LogP contribution in [0.15, 0.2) is 18.7 Å². The highest BCUT2D eigenvalue weighted by Crippen LogP contribution is 1.62. The zero-order chi connectivity index (χ0) is 5.11. The van der Waals surface area contributed by atoms with Crippen molar-refractivity contribution in [3.8, 4) is 0 Å². The van der Waals surface area contributed by atoms with Crippen LogP contribution in [0.4, 0.5) is 0 Å². The maximum Gasteiger partial charge on any atom is 0.115 e. The molecule has 0 atom stereocenters. The molecule has 0 radical (unpaired) electrons. The van der Waals surface area contributed by atoms with Gasteiger partial charge in [-0.3, -0.25) is 0 Å². The molecule has 0 saturated heterocycles. The highest BCUT2D eigenvalue weighted by molar-refractivity contribution is 6.31. The fraction of sp³-hybridized carbons (Fsp3) is 0. The van der Waals surface area contributed by atoms with E-state index in [4.69, 9.17) is 0 Å². The van der Waals surface area contributed by atoms with Crippen LogP contribution in [-0.4, -0.2) is 20.2 Å². The highest BCUT2D eigenvalue weighted by Gasteiger charge is 1.74. The first-order chi connectivity index (χ1) is 3.39. The molecule has 0 aliphatic rings. The molecule has 7 heavy (non-hydrogen) atoms. The molecule has 1 rings (SSSR count). The largest absolute Gasteiger partial charge is 0.245 e. The van der Waals surface area contributed by atoms with Gasteiger partial charge in [0.25, 0.3) is 0 Å². The Morgan fingerprint density at radius 1 is 1.29 bits per heavy atom. The zero-order valence-corrected chi connectivity index (χ0v) is 6.13. The van der Waals surface area contributed by atoms with Gasteiger partial charge in [0.1, 0.15) is 6.33 Å². The molecular weight excluding hydrogens is 104 g/mol. The summed E-state index contributed by atoms with van der Waals surface area (Å²) in [5.74, 6) is 0. The quantitative estimate of drug-likeness (QED) is 0.379. The van der Waals surface area contributed by atoms with E-state index in [0.29, 0.717) is 0 Å². The van der Waals surface area contributed by atoms with Gasteiger partial charge < -0.3 is 0 Å². The predicted molar refractivity (Wildman–Crippen MR) is 31.6 cm³/mol. The zero-order valence-electron chi connectivity index (χ0n) is 4.13.